The molecule has 3 aliphatic carbocycles. The summed E-state index contributed by atoms with van der Waals surface area (Å²) in [5.74, 6) is 0.702. The molecule has 0 aliphatic heterocycles. The van der Waals surface area contributed by atoms with E-state index in [4.69, 9.17) is 0 Å². The van der Waals surface area contributed by atoms with Gasteiger partial charge in [-0.1, -0.05) is 31.6 Å². The van der Waals surface area contributed by atoms with E-state index in [1.807, 2.05) is 6.08 Å². The van der Waals surface area contributed by atoms with Gasteiger partial charge in [0, 0.05) is 5.92 Å². The molecule has 1 saturated carbocycles. The highest BCUT2D eigenvalue weighted by atomic mass is 16.1. The van der Waals surface area contributed by atoms with E-state index in [9.17, 15) is 4.79 Å². The summed E-state index contributed by atoms with van der Waals surface area (Å²) in [5, 5.41) is 0. The molecule has 1 fully saturated rings. The molecule has 0 heterocycles. The largest absolute Gasteiger partial charge is 0.298 e. The van der Waals surface area contributed by atoms with E-state index in [1.165, 1.54) is 5.57 Å². The Morgan fingerprint density at radius 2 is 2.29 bits per heavy atom. The number of fused-ring (bicyclic) bond motifs is 1. The van der Waals surface area contributed by atoms with Crippen LogP contribution >= 0.6 is 0 Å². The lowest BCUT2D eigenvalue weighted by atomic mass is 9.38. The van der Waals surface area contributed by atoms with Crippen LogP contribution in [-0.2, 0) is 4.79 Å². The molecule has 0 spiro atoms. The van der Waals surface area contributed by atoms with Gasteiger partial charge in [0.2, 0.25) is 0 Å². The van der Waals surface area contributed by atoms with Crippen LogP contribution in [0.3, 0.4) is 0 Å². The van der Waals surface area contributed by atoms with Crippen LogP contribution in [0.4, 0.5) is 0 Å². The van der Waals surface area contributed by atoms with Crippen molar-refractivity contribution in [2.24, 2.45) is 16.7 Å². The maximum atomic E-state index is 12.1. The van der Waals surface area contributed by atoms with Crippen LogP contribution in [0.25, 0.3) is 0 Å². The van der Waals surface area contributed by atoms with Gasteiger partial charge in [-0.15, -0.1) is 6.58 Å². The summed E-state index contributed by atoms with van der Waals surface area (Å²) in [5.41, 5.74) is 1.18. The fourth-order valence-electron chi connectivity index (χ4n) is 3.48. The Labute approximate surface area is 85.9 Å². The lowest BCUT2D eigenvalue weighted by molar-refractivity contribution is -0.168. The fourth-order valence-corrected chi connectivity index (χ4v) is 3.48. The van der Waals surface area contributed by atoms with E-state index in [2.05, 4.69) is 33.4 Å². The zero-order valence-corrected chi connectivity index (χ0v) is 9.26. The Bertz CT molecular complexity index is 335. The Morgan fingerprint density at radius 3 is 2.71 bits per heavy atom. The van der Waals surface area contributed by atoms with Crippen LogP contribution in [0, 0.1) is 16.7 Å². The van der Waals surface area contributed by atoms with Crippen LogP contribution in [0.15, 0.2) is 24.3 Å². The quantitative estimate of drug-likeness (QED) is 0.611. The van der Waals surface area contributed by atoms with E-state index in [0.717, 1.165) is 12.8 Å². The van der Waals surface area contributed by atoms with Gasteiger partial charge < -0.3 is 0 Å². The standard InChI is InChI=1S/C13H18O/c1-5-8-13-9(2)6-7-10(11(13)14)12(13,3)4/h5-6,10H,1,7-8H2,2-4H3/t10-,13+/m0/s1. The number of allylic oxidation sites excluding steroid dienone is 3. The third-order valence-corrected chi connectivity index (χ3v) is 4.49. The molecule has 76 valence electrons. The monoisotopic (exact) mass is 190 g/mol. The second-order valence-electron chi connectivity index (χ2n) is 5.16. The van der Waals surface area contributed by atoms with Crippen molar-refractivity contribution in [3.05, 3.63) is 24.3 Å². The predicted octanol–water partition coefficient (Wildman–Crippen LogP) is 3.12. The maximum absolute atomic E-state index is 12.1. The summed E-state index contributed by atoms with van der Waals surface area (Å²) in [4.78, 5) is 12.1. The van der Waals surface area contributed by atoms with Gasteiger partial charge >= 0.3 is 0 Å². The number of carbonyl (C=O) groups is 1. The van der Waals surface area contributed by atoms with Crippen LogP contribution in [0.2, 0.25) is 0 Å². The molecule has 0 aromatic heterocycles. The van der Waals surface area contributed by atoms with Crippen molar-refractivity contribution >= 4 is 5.78 Å². The van der Waals surface area contributed by atoms with Crippen molar-refractivity contribution in [2.75, 3.05) is 0 Å². The minimum atomic E-state index is -0.211. The summed E-state index contributed by atoms with van der Waals surface area (Å²) in [6.45, 7) is 10.3. The molecule has 2 bridgehead atoms. The SMILES string of the molecule is C=CC[C@]12C(=O)[C@H](CC=C1C)C2(C)C. The molecule has 14 heavy (non-hydrogen) atoms. The van der Waals surface area contributed by atoms with E-state index in [-0.39, 0.29) is 16.7 Å². The molecule has 3 aliphatic rings. The molecule has 0 aromatic carbocycles. The van der Waals surface area contributed by atoms with E-state index < -0.39 is 0 Å². The normalized spacial score (nSPS) is 38.6. The summed E-state index contributed by atoms with van der Waals surface area (Å²) in [7, 11) is 0. The minimum Gasteiger partial charge on any atom is -0.298 e. The van der Waals surface area contributed by atoms with Crippen molar-refractivity contribution < 1.29 is 4.79 Å². The third-order valence-electron chi connectivity index (χ3n) is 4.49. The summed E-state index contributed by atoms with van der Waals surface area (Å²) in [6, 6.07) is 0. The zero-order valence-electron chi connectivity index (χ0n) is 9.26. The van der Waals surface area contributed by atoms with Gasteiger partial charge in [-0.2, -0.15) is 0 Å². The van der Waals surface area contributed by atoms with Crippen molar-refractivity contribution in [1.82, 2.24) is 0 Å². The number of ketones is 1. The van der Waals surface area contributed by atoms with Crippen molar-refractivity contribution in [2.45, 2.75) is 33.6 Å². The number of carbonyl (C=O) groups excluding carboxylic acids is 1. The summed E-state index contributed by atoms with van der Waals surface area (Å²) >= 11 is 0. The van der Waals surface area contributed by atoms with Gasteiger partial charge in [-0.25, -0.2) is 0 Å². The molecule has 0 unspecified atom stereocenters. The average molecular weight is 190 g/mol. The molecule has 0 aromatic rings. The molecule has 1 nitrogen and oxygen atoms in total. The second kappa shape index (κ2) is 2.59. The summed E-state index contributed by atoms with van der Waals surface area (Å²) in [6.07, 6.45) is 5.87. The molecular formula is C13H18O. The minimum absolute atomic E-state index is 0.136. The van der Waals surface area contributed by atoms with Gasteiger partial charge in [0.1, 0.15) is 5.78 Å². The van der Waals surface area contributed by atoms with Crippen LogP contribution in [0.1, 0.15) is 33.6 Å². The highest BCUT2D eigenvalue weighted by Gasteiger charge is 2.68. The second-order valence-corrected chi connectivity index (χ2v) is 5.16. The molecule has 0 amide bonds. The number of hydrogen-bond donors (Lipinski definition) is 0. The Balaban J connectivity index is 2.52. The molecule has 0 radical (unpaired) electrons. The fraction of sp³-hybridized carbons (Fsp3) is 0.615. The highest BCUT2D eigenvalue weighted by molar-refractivity contribution is 5.99. The predicted molar refractivity (Wildman–Crippen MR) is 57.9 cm³/mol. The number of rotatable bonds is 2. The number of hydrogen-bond acceptors (Lipinski definition) is 1. The summed E-state index contributed by atoms with van der Waals surface area (Å²) < 4.78 is 0. The van der Waals surface area contributed by atoms with Crippen LogP contribution in [0.5, 0.6) is 0 Å². The van der Waals surface area contributed by atoms with Gasteiger partial charge in [0.05, 0.1) is 5.41 Å². The first kappa shape index (κ1) is 9.70. The molecule has 3 rings (SSSR count). The zero-order chi connectivity index (χ0) is 10.6. The first-order valence-electron chi connectivity index (χ1n) is 5.31. The maximum Gasteiger partial charge on any atom is 0.147 e. The smallest absolute Gasteiger partial charge is 0.147 e. The van der Waals surface area contributed by atoms with Crippen LogP contribution in [-0.4, -0.2) is 5.78 Å². The lowest BCUT2D eigenvalue weighted by Gasteiger charge is -2.63. The van der Waals surface area contributed by atoms with Crippen molar-refractivity contribution in [3.8, 4) is 0 Å². The molecule has 0 N–H and O–H groups in total. The molecule has 0 saturated heterocycles. The van der Waals surface area contributed by atoms with Gasteiger partial charge in [0.25, 0.3) is 0 Å². The van der Waals surface area contributed by atoms with Gasteiger partial charge in [0.15, 0.2) is 0 Å². The van der Waals surface area contributed by atoms with Gasteiger partial charge in [-0.3, -0.25) is 4.79 Å². The number of Topliss-reactive ketones (excluding diaryl/α,β-unsaturated/α-hetero) is 1. The van der Waals surface area contributed by atoms with Crippen LogP contribution < -0.4 is 0 Å². The van der Waals surface area contributed by atoms with E-state index in [1.54, 1.807) is 0 Å². The van der Waals surface area contributed by atoms with Crippen molar-refractivity contribution in [1.29, 1.82) is 0 Å². The lowest BCUT2D eigenvalue weighted by Crippen LogP contribution is -2.65. The Morgan fingerprint density at radius 1 is 1.64 bits per heavy atom. The molecular weight excluding hydrogens is 172 g/mol. The average Bonchev–Trinajstić information content (AvgIpc) is 2.11. The van der Waals surface area contributed by atoms with Gasteiger partial charge in [-0.05, 0) is 25.2 Å². The first-order valence-corrected chi connectivity index (χ1v) is 5.31. The van der Waals surface area contributed by atoms with E-state index >= 15 is 0 Å². The first-order chi connectivity index (χ1) is 6.48. The van der Waals surface area contributed by atoms with E-state index in [0.29, 0.717) is 5.78 Å². The van der Waals surface area contributed by atoms with Crippen molar-refractivity contribution in [3.63, 3.8) is 0 Å². The Kier molecular flexibility index (Phi) is 1.79. The molecule has 2 atom stereocenters. The molecule has 1 heteroatoms. The topological polar surface area (TPSA) is 17.1 Å². The highest BCUT2D eigenvalue weighted by Crippen LogP contribution is 2.66. The Hall–Kier alpha value is -0.850. The third kappa shape index (κ3) is 0.749.